The van der Waals surface area contributed by atoms with E-state index in [0.717, 1.165) is 12.5 Å². The summed E-state index contributed by atoms with van der Waals surface area (Å²) in [5, 5.41) is 12.3. The Morgan fingerprint density at radius 3 is 2.83 bits per heavy atom. The summed E-state index contributed by atoms with van der Waals surface area (Å²) < 4.78 is 4.95. The van der Waals surface area contributed by atoms with E-state index >= 15 is 0 Å². The molecule has 1 aromatic heterocycles. The fourth-order valence-corrected chi connectivity index (χ4v) is 2.52. The van der Waals surface area contributed by atoms with E-state index in [9.17, 15) is 4.79 Å². The van der Waals surface area contributed by atoms with Crippen molar-refractivity contribution in [2.24, 2.45) is 11.3 Å². The van der Waals surface area contributed by atoms with Crippen molar-refractivity contribution < 1.29 is 14.3 Å². The maximum Gasteiger partial charge on any atom is 0.372 e. The van der Waals surface area contributed by atoms with Crippen LogP contribution in [0.5, 0.6) is 0 Å². The Bertz CT molecular complexity index is 418. The molecule has 0 atom stereocenters. The molecule has 1 saturated carbocycles. The van der Waals surface area contributed by atoms with E-state index in [1.54, 1.807) is 6.07 Å². The Morgan fingerprint density at radius 1 is 1.56 bits per heavy atom. The van der Waals surface area contributed by atoms with Crippen LogP contribution < -0.4 is 5.32 Å². The van der Waals surface area contributed by atoms with Gasteiger partial charge < -0.3 is 14.8 Å². The first-order chi connectivity index (χ1) is 8.50. The van der Waals surface area contributed by atoms with E-state index in [-0.39, 0.29) is 11.2 Å². The van der Waals surface area contributed by atoms with Crippen molar-refractivity contribution in [2.75, 3.05) is 6.54 Å². The molecular weight excluding hydrogens is 230 g/mol. The smallest absolute Gasteiger partial charge is 0.372 e. The van der Waals surface area contributed by atoms with E-state index in [0.29, 0.717) is 12.1 Å². The van der Waals surface area contributed by atoms with Crippen LogP contribution in [0, 0.1) is 11.3 Å². The minimum atomic E-state index is -1.00. The zero-order chi connectivity index (χ0) is 13.2. The summed E-state index contributed by atoms with van der Waals surface area (Å²) in [5.74, 6) is -0.160. The van der Waals surface area contributed by atoms with Crippen LogP contribution in [0.15, 0.2) is 16.7 Å². The van der Waals surface area contributed by atoms with Gasteiger partial charge in [0, 0.05) is 18.7 Å². The average molecular weight is 251 g/mol. The molecule has 1 aliphatic rings. The number of nitrogens with one attached hydrogen (secondary N) is 1. The van der Waals surface area contributed by atoms with Crippen LogP contribution >= 0.6 is 0 Å². The van der Waals surface area contributed by atoms with Gasteiger partial charge in [-0.2, -0.15) is 0 Å². The van der Waals surface area contributed by atoms with Gasteiger partial charge in [0.05, 0.1) is 6.26 Å². The number of carboxylic acid groups (broad SMARTS) is 1. The van der Waals surface area contributed by atoms with Crippen LogP contribution in [0.1, 0.15) is 49.2 Å². The van der Waals surface area contributed by atoms with Crippen molar-refractivity contribution in [2.45, 2.75) is 39.7 Å². The van der Waals surface area contributed by atoms with Gasteiger partial charge in [0.1, 0.15) is 0 Å². The second kappa shape index (κ2) is 5.14. The molecule has 0 aromatic carbocycles. The molecule has 2 rings (SSSR count). The van der Waals surface area contributed by atoms with Crippen molar-refractivity contribution in [3.8, 4) is 0 Å². The Labute approximate surface area is 107 Å². The molecule has 0 unspecified atom stereocenters. The molecule has 0 aliphatic heterocycles. The predicted octanol–water partition coefficient (Wildman–Crippen LogP) is 2.89. The zero-order valence-corrected chi connectivity index (χ0v) is 11.0. The second-order valence-electron chi connectivity index (χ2n) is 5.80. The molecule has 1 fully saturated rings. The highest BCUT2D eigenvalue weighted by molar-refractivity contribution is 5.86. The van der Waals surface area contributed by atoms with Crippen molar-refractivity contribution in [3.63, 3.8) is 0 Å². The fraction of sp³-hybridized carbons (Fsp3) is 0.643. The van der Waals surface area contributed by atoms with Gasteiger partial charge in [0.25, 0.3) is 0 Å². The minimum Gasteiger partial charge on any atom is -0.475 e. The first-order valence-corrected chi connectivity index (χ1v) is 6.51. The Kier molecular flexibility index (Phi) is 3.76. The van der Waals surface area contributed by atoms with Gasteiger partial charge in [0.2, 0.25) is 5.76 Å². The highest BCUT2D eigenvalue weighted by atomic mass is 16.4. The SMILES string of the molecule is CC(C)(CNCc1ccoc1C(=O)O)C1CCC1. The van der Waals surface area contributed by atoms with Crippen molar-refractivity contribution >= 4 is 5.97 Å². The summed E-state index contributed by atoms with van der Waals surface area (Å²) in [5.41, 5.74) is 0.998. The van der Waals surface area contributed by atoms with E-state index in [1.165, 1.54) is 25.5 Å². The van der Waals surface area contributed by atoms with Gasteiger partial charge in [-0.05, 0) is 30.2 Å². The molecule has 1 heterocycles. The standard InChI is InChI=1S/C14H21NO3/c1-14(2,11-4-3-5-11)9-15-8-10-6-7-18-12(10)13(16)17/h6-7,11,15H,3-5,8-9H2,1-2H3,(H,16,17). The summed E-state index contributed by atoms with van der Waals surface area (Å²) in [7, 11) is 0. The monoisotopic (exact) mass is 251 g/mol. The van der Waals surface area contributed by atoms with E-state index in [1.807, 2.05) is 0 Å². The van der Waals surface area contributed by atoms with E-state index in [4.69, 9.17) is 9.52 Å². The van der Waals surface area contributed by atoms with Gasteiger partial charge in [0.15, 0.2) is 0 Å². The molecule has 1 aliphatic carbocycles. The lowest BCUT2D eigenvalue weighted by molar-refractivity contribution is 0.0660. The quantitative estimate of drug-likeness (QED) is 0.816. The summed E-state index contributed by atoms with van der Waals surface area (Å²) in [6.45, 7) is 6.00. The van der Waals surface area contributed by atoms with Gasteiger partial charge in [-0.1, -0.05) is 20.3 Å². The molecule has 18 heavy (non-hydrogen) atoms. The van der Waals surface area contributed by atoms with Gasteiger partial charge in [-0.25, -0.2) is 4.79 Å². The van der Waals surface area contributed by atoms with Crippen LogP contribution in [0.25, 0.3) is 0 Å². The number of aromatic carboxylic acids is 1. The van der Waals surface area contributed by atoms with Gasteiger partial charge >= 0.3 is 5.97 Å². The Morgan fingerprint density at radius 2 is 2.28 bits per heavy atom. The van der Waals surface area contributed by atoms with Crippen LogP contribution in [-0.2, 0) is 6.54 Å². The molecule has 0 spiro atoms. The minimum absolute atomic E-state index is 0.0453. The Balaban J connectivity index is 1.84. The molecule has 4 nitrogen and oxygen atoms in total. The third-order valence-electron chi connectivity index (χ3n) is 4.05. The fourth-order valence-electron chi connectivity index (χ4n) is 2.52. The number of hydrogen-bond donors (Lipinski definition) is 2. The maximum absolute atomic E-state index is 10.9. The number of carbonyl (C=O) groups is 1. The van der Waals surface area contributed by atoms with Crippen molar-refractivity contribution in [1.82, 2.24) is 5.32 Å². The van der Waals surface area contributed by atoms with E-state index < -0.39 is 5.97 Å². The van der Waals surface area contributed by atoms with Crippen molar-refractivity contribution in [3.05, 3.63) is 23.7 Å². The largest absolute Gasteiger partial charge is 0.475 e. The topological polar surface area (TPSA) is 62.5 Å². The van der Waals surface area contributed by atoms with Crippen LogP contribution in [0.4, 0.5) is 0 Å². The molecule has 4 heteroatoms. The summed E-state index contributed by atoms with van der Waals surface area (Å²) in [6, 6.07) is 1.72. The summed E-state index contributed by atoms with van der Waals surface area (Å²) in [6.07, 6.45) is 5.41. The average Bonchev–Trinajstić information content (AvgIpc) is 2.61. The lowest BCUT2D eigenvalue weighted by Crippen LogP contribution is -2.38. The molecule has 2 N–H and O–H groups in total. The number of rotatable bonds is 6. The lowest BCUT2D eigenvalue weighted by Gasteiger charge is -2.40. The zero-order valence-electron chi connectivity index (χ0n) is 11.0. The maximum atomic E-state index is 10.9. The number of carboxylic acids is 1. The molecule has 0 amide bonds. The highest BCUT2D eigenvalue weighted by Gasteiger charge is 2.33. The first kappa shape index (κ1) is 13.1. The number of hydrogen-bond acceptors (Lipinski definition) is 3. The summed E-state index contributed by atoms with van der Waals surface area (Å²) >= 11 is 0. The van der Waals surface area contributed by atoms with Crippen LogP contribution in [0.3, 0.4) is 0 Å². The molecule has 0 radical (unpaired) electrons. The van der Waals surface area contributed by atoms with Crippen LogP contribution in [0.2, 0.25) is 0 Å². The van der Waals surface area contributed by atoms with Gasteiger partial charge in [-0.15, -0.1) is 0 Å². The molecular formula is C14H21NO3. The third kappa shape index (κ3) is 2.75. The Hall–Kier alpha value is -1.29. The van der Waals surface area contributed by atoms with E-state index in [2.05, 4.69) is 19.2 Å². The third-order valence-corrected chi connectivity index (χ3v) is 4.05. The van der Waals surface area contributed by atoms with Gasteiger partial charge in [-0.3, -0.25) is 0 Å². The highest BCUT2D eigenvalue weighted by Crippen LogP contribution is 2.41. The summed E-state index contributed by atoms with van der Waals surface area (Å²) in [4.78, 5) is 10.9. The molecule has 0 bridgehead atoms. The normalized spacial score (nSPS) is 16.6. The van der Waals surface area contributed by atoms with Crippen LogP contribution in [-0.4, -0.2) is 17.6 Å². The molecule has 0 saturated heterocycles. The second-order valence-corrected chi connectivity index (χ2v) is 5.80. The molecule has 1 aromatic rings. The first-order valence-electron chi connectivity index (χ1n) is 6.51. The lowest BCUT2D eigenvalue weighted by atomic mass is 9.67. The van der Waals surface area contributed by atoms with Crippen molar-refractivity contribution in [1.29, 1.82) is 0 Å². The predicted molar refractivity (Wildman–Crippen MR) is 68.5 cm³/mol. The molecule has 100 valence electrons. The number of furan rings is 1.